The molecule has 0 aromatic heterocycles. The molecule has 0 spiro atoms. The van der Waals surface area contributed by atoms with Crippen molar-refractivity contribution >= 4 is 40.3 Å². The first-order valence-electron chi connectivity index (χ1n) is 6.06. The Kier molecular flexibility index (Phi) is 4.57. The van der Waals surface area contributed by atoms with Crippen LogP contribution in [0, 0.1) is 19.7 Å². The van der Waals surface area contributed by atoms with Crippen molar-refractivity contribution in [2.75, 3.05) is 10.6 Å². The molecule has 0 unspecified atom stereocenters. The highest BCUT2D eigenvalue weighted by atomic mass is 35.5. The van der Waals surface area contributed by atoms with Gasteiger partial charge in [0.15, 0.2) is 5.11 Å². The lowest BCUT2D eigenvalue weighted by Gasteiger charge is -2.14. The summed E-state index contributed by atoms with van der Waals surface area (Å²) >= 11 is 11.3. The Balaban J connectivity index is 2.13. The summed E-state index contributed by atoms with van der Waals surface area (Å²) in [4.78, 5) is 0. The molecule has 0 heterocycles. The molecule has 2 rings (SSSR count). The third-order valence-corrected chi connectivity index (χ3v) is 3.58. The van der Waals surface area contributed by atoms with E-state index >= 15 is 0 Å². The van der Waals surface area contributed by atoms with E-state index in [0.29, 0.717) is 15.8 Å². The molecule has 5 heteroatoms. The minimum absolute atomic E-state index is 0.306. The van der Waals surface area contributed by atoms with Crippen LogP contribution in [-0.2, 0) is 0 Å². The fourth-order valence-corrected chi connectivity index (χ4v) is 2.14. The normalized spacial score (nSPS) is 10.2. The number of thiocarbonyl (C=S) groups is 1. The highest BCUT2D eigenvalue weighted by Gasteiger charge is 2.06. The Bertz CT molecular complexity index is 652. The van der Waals surface area contributed by atoms with Crippen LogP contribution in [0.25, 0.3) is 0 Å². The number of rotatable bonds is 2. The maximum atomic E-state index is 13.2. The number of anilines is 2. The van der Waals surface area contributed by atoms with Crippen LogP contribution in [0.2, 0.25) is 5.02 Å². The van der Waals surface area contributed by atoms with Crippen LogP contribution >= 0.6 is 23.8 Å². The van der Waals surface area contributed by atoms with Crippen LogP contribution in [0.15, 0.2) is 36.4 Å². The second kappa shape index (κ2) is 6.20. The van der Waals surface area contributed by atoms with Crippen molar-refractivity contribution in [2.45, 2.75) is 13.8 Å². The molecule has 0 saturated carbocycles. The molecule has 104 valence electrons. The molecule has 0 radical (unpaired) electrons. The zero-order valence-electron chi connectivity index (χ0n) is 11.1. The average Bonchev–Trinajstić information content (AvgIpc) is 2.39. The largest absolute Gasteiger partial charge is 0.332 e. The number of hydrogen-bond acceptors (Lipinski definition) is 1. The fourth-order valence-electron chi connectivity index (χ4n) is 1.75. The molecule has 0 amide bonds. The van der Waals surface area contributed by atoms with E-state index in [1.165, 1.54) is 12.1 Å². The predicted octanol–water partition coefficient (Wildman–Crippen LogP) is 4.90. The minimum atomic E-state index is -0.306. The van der Waals surface area contributed by atoms with E-state index in [1.54, 1.807) is 6.07 Å². The molecule has 0 aliphatic rings. The van der Waals surface area contributed by atoms with Crippen LogP contribution in [0.3, 0.4) is 0 Å². The van der Waals surface area contributed by atoms with Crippen LogP contribution in [0.5, 0.6) is 0 Å². The highest BCUT2D eigenvalue weighted by molar-refractivity contribution is 7.80. The topological polar surface area (TPSA) is 24.1 Å². The van der Waals surface area contributed by atoms with Crippen LogP contribution in [0.4, 0.5) is 15.8 Å². The highest BCUT2D eigenvalue weighted by Crippen LogP contribution is 2.23. The molecule has 20 heavy (non-hydrogen) atoms. The second-order valence-electron chi connectivity index (χ2n) is 4.45. The summed E-state index contributed by atoms with van der Waals surface area (Å²) in [5, 5.41) is 7.10. The standard InChI is InChI=1S/C15H14ClFN2S/c1-9-6-7-11(17)8-14(9)19-15(20)18-13-5-3-4-12(16)10(13)2/h3-8H,1-2H3,(H2,18,19,20). The van der Waals surface area contributed by atoms with Crippen molar-refractivity contribution in [3.05, 3.63) is 58.4 Å². The molecule has 0 fully saturated rings. The van der Waals surface area contributed by atoms with E-state index in [9.17, 15) is 4.39 Å². The molecule has 2 nitrogen and oxygen atoms in total. The molecular formula is C15H14ClFN2S. The van der Waals surface area contributed by atoms with Gasteiger partial charge in [-0.1, -0.05) is 23.7 Å². The summed E-state index contributed by atoms with van der Waals surface area (Å²) in [7, 11) is 0. The van der Waals surface area contributed by atoms with Crippen molar-refractivity contribution < 1.29 is 4.39 Å². The third-order valence-electron chi connectivity index (χ3n) is 2.96. The van der Waals surface area contributed by atoms with Gasteiger partial charge in [0.25, 0.3) is 0 Å². The van der Waals surface area contributed by atoms with Gasteiger partial charge in [-0.15, -0.1) is 0 Å². The van der Waals surface area contributed by atoms with Crippen molar-refractivity contribution in [2.24, 2.45) is 0 Å². The number of benzene rings is 2. The summed E-state index contributed by atoms with van der Waals surface area (Å²) in [6.07, 6.45) is 0. The SMILES string of the molecule is Cc1ccc(F)cc1NC(=S)Nc1cccc(Cl)c1C. The van der Waals surface area contributed by atoms with Gasteiger partial charge in [-0.25, -0.2) is 4.39 Å². The van der Waals surface area contributed by atoms with Gasteiger partial charge in [0.2, 0.25) is 0 Å². The van der Waals surface area contributed by atoms with Gasteiger partial charge < -0.3 is 10.6 Å². The van der Waals surface area contributed by atoms with E-state index in [1.807, 2.05) is 32.0 Å². The Morgan fingerprint density at radius 3 is 2.55 bits per heavy atom. The summed E-state index contributed by atoms with van der Waals surface area (Å²) in [5.41, 5.74) is 3.29. The van der Waals surface area contributed by atoms with Crippen molar-refractivity contribution in [3.63, 3.8) is 0 Å². The first-order chi connectivity index (χ1) is 9.47. The Morgan fingerprint density at radius 2 is 1.80 bits per heavy atom. The monoisotopic (exact) mass is 308 g/mol. The molecule has 2 aromatic rings. The van der Waals surface area contributed by atoms with Crippen LogP contribution < -0.4 is 10.6 Å². The van der Waals surface area contributed by atoms with Crippen molar-refractivity contribution in [1.29, 1.82) is 0 Å². The van der Waals surface area contributed by atoms with E-state index in [4.69, 9.17) is 23.8 Å². The number of hydrogen-bond donors (Lipinski definition) is 2. The van der Waals surface area contributed by atoms with Crippen LogP contribution in [0.1, 0.15) is 11.1 Å². The van der Waals surface area contributed by atoms with E-state index in [2.05, 4.69) is 10.6 Å². The molecule has 0 aliphatic carbocycles. The van der Waals surface area contributed by atoms with Gasteiger partial charge >= 0.3 is 0 Å². The fraction of sp³-hybridized carbons (Fsp3) is 0.133. The zero-order chi connectivity index (χ0) is 14.7. The smallest absolute Gasteiger partial charge is 0.175 e. The third kappa shape index (κ3) is 3.46. The maximum absolute atomic E-state index is 13.2. The summed E-state index contributed by atoms with van der Waals surface area (Å²) < 4.78 is 13.2. The van der Waals surface area contributed by atoms with Gasteiger partial charge in [0, 0.05) is 16.4 Å². The van der Waals surface area contributed by atoms with Gasteiger partial charge in [0.1, 0.15) is 5.82 Å². The zero-order valence-corrected chi connectivity index (χ0v) is 12.7. The average molecular weight is 309 g/mol. The lowest BCUT2D eigenvalue weighted by atomic mass is 10.2. The van der Waals surface area contributed by atoms with Gasteiger partial charge in [-0.05, 0) is 61.5 Å². The summed E-state index contributed by atoms with van der Waals surface area (Å²) in [6.45, 7) is 3.79. The molecule has 2 N–H and O–H groups in total. The number of aryl methyl sites for hydroxylation is 1. The number of halogens is 2. The molecule has 0 aliphatic heterocycles. The second-order valence-corrected chi connectivity index (χ2v) is 5.27. The summed E-state index contributed by atoms with van der Waals surface area (Å²) in [5.74, 6) is -0.306. The van der Waals surface area contributed by atoms with E-state index < -0.39 is 0 Å². The van der Waals surface area contributed by atoms with Crippen molar-refractivity contribution in [1.82, 2.24) is 0 Å². The van der Waals surface area contributed by atoms with Gasteiger partial charge in [0.05, 0.1) is 0 Å². The molecule has 0 atom stereocenters. The maximum Gasteiger partial charge on any atom is 0.175 e. The molecule has 0 bridgehead atoms. The molecular weight excluding hydrogens is 295 g/mol. The van der Waals surface area contributed by atoms with Gasteiger partial charge in [-0.2, -0.15) is 0 Å². The van der Waals surface area contributed by atoms with Gasteiger partial charge in [-0.3, -0.25) is 0 Å². The Morgan fingerprint density at radius 1 is 1.10 bits per heavy atom. The lowest BCUT2D eigenvalue weighted by Crippen LogP contribution is -2.20. The minimum Gasteiger partial charge on any atom is -0.332 e. The van der Waals surface area contributed by atoms with E-state index in [0.717, 1.165) is 16.8 Å². The van der Waals surface area contributed by atoms with Crippen LogP contribution in [-0.4, -0.2) is 5.11 Å². The first kappa shape index (κ1) is 14.8. The molecule has 2 aromatic carbocycles. The Labute approximate surface area is 128 Å². The molecule has 0 saturated heterocycles. The summed E-state index contributed by atoms with van der Waals surface area (Å²) in [6, 6.07) is 10.1. The van der Waals surface area contributed by atoms with E-state index in [-0.39, 0.29) is 5.82 Å². The first-order valence-corrected chi connectivity index (χ1v) is 6.85. The lowest BCUT2D eigenvalue weighted by molar-refractivity contribution is 0.628. The quantitative estimate of drug-likeness (QED) is 0.771. The number of nitrogens with one attached hydrogen (secondary N) is 2. The predicted molar refractivity (Wildman–Crippen MR) is 87.2 cm³/mol. The van der Waals surface area contributed by atoms with Crippen molar-refractivity contribution in [3.8, 4) is 0 Å². The Hall–Kier alpha value is -1.65.